The van der Waals surface area contributed by atoms with Crippen LogP contribution >= 0.6 is 0 Å². The zero-order valence-electron chi connectivity index (χ0n) is 18.4. The first-order valence-electron chi connectivity index (χ1n) is 10.3. The van der Waals surface area contributed by atoms with Gasteiger partial charge in [0.2, 0.25) is 0 Å². The van der Waals surface area contributed by atoms with Crippen molar-refractivity contribution in [3.05, 3.63) is 90.5 Å². The highest BCUT2D eigenvalue weighted by Crippen LogP contribution is 2.34. The van der Waals surface area contributed by atoms with Gasteiger partial charge in [-0.25, -0.2) is 18.0 Å². The van der Waals surface area contributed by atoms with Gasteiger partial charge >= 0.3 is 18.2 Å². The standard InChI is InChI=1S/C24H20F3NO7S/c25-24(26,27)23(21(29)30,28-22(31)34-15-17-7-3-1-4-8-17)16-36(32,33)20-13-11-19(12-14-20)35-18-9-5-2-6-10-18/h1-14H,15-16H2,(H,28,31)(H,29,30). The van der Waals surface area contributed by atoms with Crippen LogP contribution in [0.1, 0.15) is 5.56 Å². The third-order valence-corrected chi connectivity index (χ3v) is 6.75. The number of para-hydroxylation sites is 1. The van der Waals surface area contributed by atoms with Crippen molar-refractivity contribution in [2.24, 2.45) is 0 Å². The Balaban J connectivity index is 1.82. The number of benzene rings is 3. The highest BCUT2D eigenvalue weighted by Gasteiger charge is 2.64. The van der Waals surface area contributed by atoms with Crippen molar-refractivity contribution >= 4 is 21.9 Å². The van der Waals surface area contributed by atoms with E-state index in [-0.39, 0.29) is 5.75 Å². The van der Waals surface area contributed by atoms with E-state index in [1.165, 1.54) is 29.6 Å². The number of rotatable bonds is 9. The van der Waals surface area contributed by atoms with Crippen LogP contribution in [0.2, 0.25) is 0 Å². The summed E-state index contributed by atoms with van der Waals surface area (Å²) in [7, 11) is -4.88. The van der Waals surface area contributed by atoms with Gasteiger partial charge in [0.1, 0.15) is 18.1 Å². The summed E-state index contributed by atoms with van der Waals surface area (Å²) in [4.78, 5) is 23.3. The van der Waals surface area contributed by atoms with Gasteiger partial charge in [0.15, 0.2) is 9.84 Å². The summed E-state index contributed by atoms with van der Waals surface area (Å²) in [6, 6.07) is 20.7. The van der Waals surface area contributed by atoms with E-state index in [2.05, 4.69) is 0 Å². The van der Waals surface area contributed by atoms with Crippen molar-refractivity contribution in [1.29, 1.82) is 0 Å². The number of carboxylic acid groups (broad SMARTS) is 1. The number of aliphatic carboxylic acids is 1. The molecule has 0 fully saturated rings. The third-order valence-electron chi connectivity index (χ3n) is 4.95. The Morgan fingerprint density at radius 3 is 1.89 bits per heavy atom. The Labute approximate surface area is 204 Å². The summed E-state index contributed by atoms with van der Waals surface area (Å²) in [6.07, 6.45) is -7.44. The monoisotopic (exact) mass is 523 g/mol. The molecule has 3 aromatic carbocycles. The molecule has 36 heavy (non-hydrogen) atoms. The number of carbonyl (C=O) groups is 2. The number of nitrogens with one attached hydrogen (secondary N) is 1. The number of carbonyl (C=O) groups excluding carboxylic acids is 1. The number of amides is 1. The average Bonchev–Trinajstić information content (AvgIpc) is 2.83. The van der Waals surface area contributed by atoms with E-state index in [0.717, 1.165) is 12.1 Å². The van der Waals surface area contributed by atoms with Crippen LogP contribution < -0.4 is 10.1 Å². The van der Waals surface area contributed by atoms with E-state index in [0.29, 0.717) is 11.3 Å². The maximum absolute atomic E-state index is 14.0. The number of ether oxygens (including phenoxy) is 2. The van der Waals surface area contributed by atoms with Crippen LogP contribution in [0.25, 0.3) is 0 Å². The van der Waals surface area contributed by atoms with Crippen LogP contribution in [0.4, 0.5) is 18.0 Å². The first kappa shape index (κ1) is 26.5. The number of hydrogen-bond donors (Lipinski definition) is 2. The molecule has 0 aromatic heterocycles. The minimum Gasteiger partial charge on any atom is -0.479 e. The Hall–Kier alpha value is -4.06. The quantitative estimate of drug-likeness (QED) is 0.422. The SMILES string of the molecule is O=C(NC(CS(=O)(=O)c1ccc(Oc2ccccc2)cc1)(C(=O)O)C(F)(F)F)OCc1ccccc1. The normalized spacial score (nSPS) is 13.3. The Morgan fingerprint density at radius 1 is 0.833 bits per heavy atom. The molecule has 0 heterocycles. The van der Waals surface area contributed by atoms with Crippen LogP contribution in [0, 0.1) is 0 Å². The van der Waals surface area contributed by atoms with Gasteiger partial charge in [-0.3, -0.25) is 5.32 Å². The topological polar surface area (TPSA) is 119 Å². The molecule has 2 N–H and O–H groups in total. The first-order chi connectivity index (χ1) is 16.9. The van der Waals surface area contributed by atoms with Gasteiger partial charge in [0.25, 0.3) is 5.54 Å². The molecule has 1 unspecified atom stereocenters. The van der Waals surface area contributed by atoms with E-state index < -0.39 is 50.9 Å². The molecule has 0 aliphatic rings. The maximum atomic E-state index is 14.0. The van der Waals surface area contributed by atoms with Gasteiger partial charge in [-0.05, 0) is 42.0 Å². The molecule has 3 rings (SSSR count). The molecule has 0 saturated carbocycles. The van der Waals surface area contributed by atoms with Gasteiger partial charge in [-0.2, -0.15) is 13.2 Å². The Kier molecular flexibility index (Phi) is 7.88. The number of alkyl carbamates (subject to hydrolysis) is 1. The lowest BCUT2D eigenvalue weighted by atomic mass is 10.0. The highest BCUT2D eigenvalue weighted by atomic mass is 32.2. The second-order valence-electron chi connectivity index (χ2n) is 7.54. The summed E-state index contributed by atoms with van der Waals surface area (Å²) in [6.45, 7) is -0.462. The highest BCUT2D eigenvalue weighted by molar-refractivity contribution is 7.91. The van der Waals surface area contributed by atoms with Crippen molar-refractivity contribution in [3.8, 4) is 11.5 Å². The van der Waals surface area contributed by atoms with Crippen molar-refractivity contribution < 1.29 is 45.8 Å². The van der Waals surface area contributed by atoms with Gasteiger partial charge in [0.05, 0.1) is 10.6 Å². The number of carboxylic acids is 1. The number of hydrogen-bond acceptors (Lipinski definition) is 6. The lowest BCUT2D eigenvalue weighted by Crippen LogP contribution is -2.67. The summed E-state index contributed by atoms with van der Waals surface area (Å²) in [5, 5.41) is 10.7. The lowest BCUT2D eigenvalue weighted by molar-refractivity contribution is -0.203. The van der Waals surface area contributed by atoms with Gasteiger partial charge in [-0.1, -0.05) is 48.5 Å². The molecule has 8 nitrogen and oxygen atoms in total. The second kappa shape index (κ2) is 10.7. The van der Waals surface area contributed by atoms with Gasteiger partial charge < -0.3 is 14.6 Å². The fourth-order valence-corrected chi connectivity index (χ4v) is 4.71. The van der Waals surface area contributed by atoms with E-state index in [1.807, 2.05) is 0 Å². The molecule has 0 bridgehead atoms. The molecule has 1 amide bonds. The predicted octanol–water partition coefficient (Wildman–Crippen LogP) is 4.56. The summed E-state index contributed by atoms with van der Waals surface area (Å²) >= 11 is 0. The van der Waals surface area contributed by atoms with Crippen LogP contribution in [0.5, 0.6) is 11.5 Å². The van der Waals surface area contributed by atoms with Gasteiger partial charge in [-0.15, -0.1) is 0 Å². The first-order valence-corrected chi connectivity index (χ1v) is 11.9. The molecule has 1 atom stereocenters. The van der Waals surface area contributed by atoms with Crippen LogP contribution in [-0.2, 0) is 26.0 Å². The lowest BCUT2D eigenvalue weighted by Gasteiger charge is -2.31. The Morgan fingerprint density at radius 2 is 1.36 bits per heavy atom. The van der Waals surface area contributed by atoms with Crippen molar-refractivity contribution in [2.45, 2.75) is 23.2 Å². The summed E-state index contributed by atoms with van der Waals surface area (Å²) in [5.41, 5.74) is -3.75. The Bertz CT molecular complexity index is 1300. The molecular formula is C24H20F3NO7S. The molecule has 0 radical (unpaired) electrons. The molecule has 0 aliphatic heterocycles. The predicted molar refractivity (Wildman–Crippen MR) is 121 cm³/mol. The van der Waals surface area contributed by atoms with Crippen molar-refractivity contribution in [2.75, 3.05) is 5.75 Å². The number of halogens is 3. The van der Waals surface area contributed by atoms with Crippen LogP contribution in [-0.4, -0.2) is 43.1 Å². The molecule has 0 saturated heterocycles. The molecule has 190 valence electrons. The summed E-state index contributed by atoms with van der Waals surface area (Å²) in [5.74, 6) is -3.98. The third kappa shape index (κ3) is 6.33. The van der Waals surface area contributed by atoms with E-state index >= 15 is 0 Å². The fraction of sp³-hybridized carbons (Fsp3) is 0.167. The molecule has 0 spiro atoms. The zero-order chi connectivity index (χ0) is 26.4. The van der Waals surface area contributed by atoms with E-state index in [9.17, 15) is 36.3 Å². The smallest absolute Gasteiger partial charge is 0.423 e. The molecular weight excluding hydrogens is 503 g/mol. The maximum Gasteiger partial charge on any atom is 0.423 e. The van der Waals surface area contributed by atoms with E-state index in [4.69, 9.17) is 9.47 Å². The average molecular weight is 523 g/mol. The molecule has 3 aromatic rings. The zero-order valence-corrected chi connectivity index (χ0v) is 19.3. The number of alkyl halides is 3. The van der Waals surface area contributed by atoms with Crippen LogP contribution in [0.3, 0.4) is 0 Å². The van der Waals surface area contributed by atoms with Gasteiger partial charge in [0, 0.05) is 0 Å². The molecule has 12 heteroatoms. The minimum atomic E-state index is -5.69. The number of sulfone groups is 1. The largest absolute Gasteiger partial charge is 0.479 e. The van der Waals surface area contributed by atoms with Crippen molar-refractivity contribution in [1.82, 2.24) is 5.32 Å². The van der Waals surface area contributed by atoms with E-state index in [1.54, 1.807) is 48.5 Å². The minimum absolute atomic E-state index is 0.197. The van der Waals surface area contributed by atoms with Crippen molar-refractivity contribution in [3.63, 3.8) is 0 Å². The van der Waals surface area contributed by atoms with Crippen LogP contribution in [0.15, 0.2) is 89.8 Å². The fourth-order valence-electron chi connectivity index (χ4n) is 3.07. The summed E-state index contributed by atoms with van der Waals surface area (Å²) < 4.78 is 77.8. The second-order valence-corrected chi connectivity index (χ2v) is 9.53. The molecule has 0 aliphatic carbocycles.